The zero-order valence-electron chi connectivity index (χ0n) is 17.9. The number of amides is 1. The number of benzene rings is 1. The van der Waals surface area contributed by atoms with Crippen molar-refractivity contribution in [1.82, 2.24) is 9.88 Å². The van der Waals surface area contributed by atoms with Gasteiger partial charge >= 0.3 is 0 Å². The van der Waals surface area contributed by atoms with E-state index in [1.807, 2.05) is 39.2 Å². The molecule has 0 unspecified atom stereocenters. The van der Waals surface area contributed by atoms with Crippen LogP contribution in [0.15, 0.2) is 35.1 Å². The zero-order chi connectivity index (χ0) is 22.8. The van der Waals surface area contributed by atoms with E-state index in [4.69, 9.17) is 23.2 Å². The number of carbonyl (C=O) groups is 1. The molecule has 1 amide bonds. The first-order valence-electron chi connectivity index (χ1n) is 9.66. The molecule has 2 rings (SSSR count). The normalized spacial score (nSPS) is 11.0. The second kappa shape index (κ2) is 12.7. The molecule has 5 nitrogen and oxygen atoms in total. The number of aromatic nitrogens is 1. The monoisotopic (exact) mass is 470 g/mol. The number of aromatic hydroxyl groups is 1. The van der Waals surface area contributed by atoms with E-state index in [0.29, 0.717) is 35.1 Å². The number of carbonyl (C=O) groups excluding carboxylic acids is 1. The predicted molar refractivity (Wildman–Crippen MR) is 129 cm³/mol. The van der Waals surface area contributed by atoms with Crippen molar-refractivity contribution in [3.05, 3.63) is 67.6 Å². The van der Waals surface area contributed by atoms with E-state index in [0.717, 1.165) is 10.5 Å². The quantitative estimate of drug-likeness (QED) is 0.523. The van der Waals surface area contributed by atoms with Crippen molar-refractivity contribution < 1.29 is 9.90 Å². The molecule has 0 aliphatic heterocycles. The number of halogens is 2. The number of rotatable bonds is 7. The third kappa shape index (κ3) is 6.56. The Labute approximate surface area is 192 Å². The van der Waals surface area contributed by atoms with Gasteiger partial charge in [-0.25, -0.2) is 0 Å². The van der Waals surface area contributed by atoms with Crippen LogP contribution in [0.1, 0.15) is 48.8 Å². The summed E-state index contributed by atoms with van der Waals surface area (Å²) < 4.78 is 1.34. The maximum atomic E-state index is 12.5. The Bertz CT molecular complexity index is 972. The fourth-order valence-corrected chi connectivity index (χ4v) is 3.71. The molecule has 0 saturated heterocycles. The van der Waals surface area contributed by atoms with Crippen LogP contribution in [0, 0.1) is 0 Å². The average Bonchev–Trinajstić information content (AvgIpc) is 2.75. The number of hydrogen-bond acceptors (Lipinski definition) is 4. The van der Waals surface area contributed by atoms with Crippen molar-refractivity contribution in [3.8, 4) is 5.75 Å². The minimum Gasteiger partial charge on any atom is -0.502 e. The summed E-state index contributed by atoms with van der Waals surface area (Å²) in [4.78, 5) is 25.6. The van der Waals surface area contributed by atoms with Gasteiger partial charge in [-0.3, -0.25) is 9.59 Å². The lowest BCUT2D eigenvalue weighted by molar-refractivity contribution is 0.0950. The molecule has 2 N–H and O–H groups in total. The highest BCUT2D eigenvalue weighted by Crippen LogP contribution is 2.26. The summed E-state index contributed by atoms with van der Waals surface area (Å²) in [5, 5.41) is 13.9. The lowest BCUT2D eigenvalue weighted by Crippen LogP contribution is -2.29. The molecule has 30 heavy (non-hydrogen) atoms. The van der Waals surface area contributed by atoms with Crippen LogP contribution >= 0.6 is 35.0 Å². The minimum absolute atomic E-state index is 0.0268. The Balaban J connectivity index is 0.00000218. The summed E-state index contributed by atoms with van der Waals surface area (Å²) in [6.45, 7) is 6.24. The van der Waals surface area contributed by atoms with Gasteiger partial charge in [-0.2, -0.15) is 0 Å². The average molecular weight is 471 g/mol. The summed E-state index contributed by atoms with van der Waals surface area (Å²) in [5.74, 6) is -1.04. The molecular formula is C22H28Cl2N2O3S. The topological polar surface area (TPSA) is 71.3 Å². The van der Waals surface area contributed by atoms with Gasteiger partial charge in [0, 0.05) is 18.5 Å². The van der Waals surface area contributed by atoms with Crippen LogP contribution in [0.25, 0.3) is 4.91 Å². The van der Waals surface area contributed by atoms with Gasteiger partial charge in [0.25, 0.3) is 11.5 Å². The van der Waals surface area contributed by atoms with E-state index in [9.17, 15) is 14.7 Å². The van der Waals surface area contributed by atoms with Crippen LogP contribution in [0.5, 0.6) is 5.75 Å². The van der Waals surface area contributed by atoms with Gasteiger partial charge < -0.3 is 15.0 Å². The molecule has 1 aromatic heterocycles. The van der Waals surface area contributed by atoms with Crippen molar-refractivity contribution in [2.75, 3.05) is 12.8 Å². The van der Waals surface area contributed by atoms with Crippen molar-refractivity contribution >= 4 is 45.8 Å². The third-order valence-corrected chi connectivity index (χ3v) is 5.92. The Morgan fingerprint density at radius 2 is 1.90 bits per heavy atom. The molecule has 1 heterocycles. The molecule has 0 fully saturated rings. The highest BCUT2D eigenvalue weighted by molar-refractivity contribution is 8.07. The van der Waals surface area contributed by atoms with Crippen LogP contribution in [0.3, 0.4) is 0 Å². The standard InChI is InChI=1S/C20H22Cl2N2O3S.C2H6/c1-4-17(28-3)16-11-13(18(25)20(27)24(16)2)19(26)23-9-5-6-12-7-8-14(21)15(22)10-12;1-2/h4,7-8,10-11,25H,5-6,9H2,1-3H3,(H,23,26);1-2H3/b17-4-;. The lowest BCUT2D eigenvalue weighted by Gasteiger charge is -2.14. The zero-order valence-corrected chi connectivity index (χ0v) is 20.2. The molecule has 1 aromatic carbocycles. The third-order valence-electron chi connectivity index (χ3n) is 4.30. The number of aryl methyl sites for hydroxylation is 1. The van der Waals surface area contributed by atoms with Crippen LogP contribution < -0.4 is 10.9 Å². The van der Waals surface area contributed by atoms with Gasteiger partial charge in [-0.15, -0.1) is 11.8 Å². The van der Waals surface area contributed by atoms with E-state index < -0.39 is 17.2 Å². The van der Waals surface area contributed by atoms with E-state index in [-0.39, 0.29) is 5.56 Å². The molecule has 0 atom stereocenters. The Kier molecular flexibility index (Phi) is 11.1. The Morgan fingerprint density at radius 1 is 1.23 bits per heavy atom. The number of pyridine rings is 1. The van der Waals surface area contributed by atoms with E-state index >= 15 is 0 Å². The summed E-state index contributed by atoms with van der Waals surface area (Å²) in [6.07, 6.45) is 5.12. The van der Waals surface area contributed by atoms with Gasteiger partial charge in [-0.05, 0) is 49.8 Å². The fraction of sp³-hybridized carbons (Fsp3) is 0.364. The second-order valence-electron chi connectivity index (χ2n) is 6.12. The highest BCUT2D eigenvalue weighted by Gasteiger charge is 2.19. The molecule has 0 spiro atoms. The van der Waals surface area contributed by atoms with Gasteiger partial charge in [0.05, 0.1) is 21.3 Å². The van der Waals surface area contributed by atoms with E-state index in [2.05, 4.69) is 5.32 Å². The van der Waals surface area contributed by atoms with Gasteiger partial charge in [0.15, 0.2) is 5.75 Å². The second-order valence-corrected chi connectivity index (χ2v) is 7.78. The minimum atomic E-state index is -0.605. The number of nitrogens with zero attached hydrogens (tertiary/aromatic N) is 1. The first-order valence-corrected chi connectivity index (χ1v) is 11.6. The fourth-order valence-electron chi connectivity index (χ4n) is 2.75. The Hall–Kier alpha value is -1.89. The number of hydrogen-bond donors (Lipinski definition) is 2. The molecule has 0 aliphatic carbocycles. The Morgan fingerprint density at radius 3 is 2.47 bits per heavy atom. The van der Waals surface area contributed by atoms with Gasteiger partial charge in [0.2, 0.25) is 0 Å². The summed E-state index contributed by atoms with van der Waals surface area (Å²) in [6, 6.07) is 6.96. The maximum absolute atomic E-state index is 12.5. The van der Waals surface area contributed by atoms with Gasteiger partial charge in [-0.1, -0.05) is 49.2 Å². The number of thioether (sulfide) groups is 1. The first kappa shape index (κ1) is 26.1. The molecule has 164 valence electrons. The number of nitrogens with one attached hydrogen (secondary N) is 1. The summed E-state index contributed by atoms with van der Waals surface area (Å²) in [5.41, 5.74) is 0.965. The summed E-state index contributed by atoms with van der Waals surface area (Å²) >= 11 is 13.4. The molecule has 0 radical (unpaired) electrons. The van der Waals surface area contributed by atoms with Crippen LogP contribution in [-0.2, 0) is 13.5 Å². The first-order chi connectivity index (χ1) is 14.3. The lowest BCUT2D eigenvalue weighted by atomic mass is 10.1. The molecular weight excluding hydrogens is 443 g/mol. The van der Waals surface area contributed by atoms with Crippen molar-refractivity contribution in [1.29, 1.82) is 0 Å². The molecule has 0 aliphatic rings. The van der Waals surface area contributed by atoms with Crippen LogP contribution in [0.4, 0.5) is 0 Å². The molecule has 2 aromatic rings. The van der Waals surface area contributed by atoms with Crippen molar-refractivity contribution in [3.63, 3.8) is 0 Å². The van der Waals surface area contributed by atoms with E-state index in [1.54, 1.807) is 19.2 Å². The predicted octanol–water partition coefficient (Wildman–Crippen LogP) is 5.51. The van der Waals surface area contributed by atoms with Crippen LogP contribution in [-0.4, -0.2) is 28.4 Å². The summed E-state index contributed by atoms with van der Waals surface area (Å²) in [7, 11) is 1.57. The van der Waals surface area contributed by atoms with Crippen molar-refractivity contribution in [2.45, 2.75) is 33.6 Å². The largest absolute Gasteiger partial charge is 0.502 e. The van der Waals surface area contributed by atoms with Crippen molar-refractivity contribution in [2.24, 2.45) is 7.05 Å². The van der Waals surface area contributed by atoms with E-state index in [1.165, 1.54) is 22.4 Å². The molecule has 8 heteroatoms. The highest BCUT2D eigenvalue weighted by atomic mass is 35.5. The number of allylic oxidation sites excluding steroid dienone is 1. The maximum Gasteiger partial charge on any atom is 0.293 e. The van der Waals surface area contributed by atoms with Crippen LogP contribution in [0.2, 0.25) is 10.0 Å². The SMILES string of the molecule is C/C=C(\SC)c1cc(C(=O)NCCCc2ccc(Cl)c(Cl)c2)c(O)c(=O)n1C.CC. The van der Waals surface area contributed by atoms with Gasteiger partial charge in [0.1, 0.15) is 0 Å². The molecule has 0 bridgehead atoms. The smallest absolute Gasteiger partial charge is 0.293 e. The molecule has 0 saturated carbocycles.